The Hall–Kier alpha value is -0.570. The van der Waals surface area contributed by atoms with Crippen molar-refractivity contribution in [3.8, 4) is 0 Å². The van der Waals surface area contributed by atoms with Crippen LogP contribution in [0.15, 0.2) is 0 Å². The van der Waals surface area contributed by atoms with E-state index in [4.69, 9.17) is 10.5 Å². The summed E-state index contributed by atoms with van der Waals surface area (Å²) in [5.74, 6) is 0.279. The first-order valence-electron chi connectivity index (χ1n) is 4.15. The van der Waals surface area contributed by atoms with Crippen molar-refractivity contribution < 1.29 is 9.53 Å². The molecule has 0 heterocycles. The summed E-state index contributed by atoms with van der Waals surface area (Å²) in [6, 6.07) is 0.236. The van der Waals surface area contributed by atoms with Crippen molar-refractivity contribution in [3.05, 3.63) is 0 Å². The smallest absolute Gasteiger partial charge is 0.306 e. The molecule has 0 amide bonds. The summed E-state index contributed by atoms with van der Waals surface area (Å²) in [6.45, 7) is 2.29. The molecule has 0 radical (unpaired) electrons. The topological polar surface area (TPSA) is 52.3 Å². The normalized spacial score (nSPS) is 29.3. The van der Waals surface area contributed by atoms with Crippen LogP contribution in [0.3, 0.4) is 0 Å². The van der Waals surface area contributed by atoms with Crippen LogP contribution in [0.4, 0.5) is 0 Å². The lowest BCUT2D eigenvalue weighted by molar-refractivity contribution is -0.145. The summed E-state index contributed by atoms with van der Waals surface area (Å²) >= 11 is 0. The van der Waals surface area contributed by atoms with Gasteiger partial charge in [-0.1, -0.05) is 0 Å². The third kappa shape index (κ3) is 2.19. The van der Waals surface area contributed by atoms with E-state index in [1.54, 1.807) is 0 Å². The third-order valence-electron chi connectivity index (χ3n) is 2.21. The number of rotatable bonds is 3. The lowest BCUT2D eigenvalue weighted by atomic mass is 9.78. The molecular weight excluding hydrogens is 142 g/mol. The molecule has 0 saturated heterocycles. The van der Waals surface area contributed by atoms with Gasteiger partial charge < -0.3 is 10.5 Å². The van der Waals surface area contributed by atoms with E-state index in [1.807, 2.05) is 6.92 Å². The molecule has 11 heavy (non-hydrogen) atoms. The van der Waals surface area contributed by atoms with Crippen molar-refractivity contribution in [2.75, 3.05) is 6.61 Å². The minimum atomic E-state index is -0.104. The van der Waals surface area contributed by atoms with E-state index in [0.717, 1.165) is 12.8 Å². The monoisotopic (exact) mass is 157 g/mol. The van der Waals surface area contributed by atoms with Crippen LogP contribution >= 0.6 is 0 Å². The molecule has 0 spiro atoms. The average Bonchev–Trinajstić information content (AvgIpc) is 1.98. The molecule has 0 aromatic heterocycles. The van der Waals surface area contributed by atoms with Gasteiger partial charge in [-0.15, -0.1) is 0 Å². The molecule has 0 bridgehead atoms. The number of carbonyl (C=O) groups is 1. The highest BCUT2D eigenvalue weighted by Crippen LogP contribution is 2.28. The van der Waals surface area contributed by atoms with Crippen molar-refractivity contribution in [2.45, 2.75) is 32.2 Å². The number of nitrogens with two attached hydrogens (primary N) is 1. The summed E-state index contributed by atoms with van der Waals surface area (Å²) in [5, 5.41) is 0. The van der Waals surface area contributed by atoms with Gasteiger partial charge in [-0.05, 0) is 25.7 Å². The van der Waals surface area contributed by atoms with E-state index >= 15 is 0 Å². The zero-order chi connectivity index (χ0) is 8.27. The maximum absolute atomic E-state index is 10.9. The Kier molecular flexibility index (Phi) is 2.88. The first-order chi connectivity index (χ1) is 5.24. The van der Waals surface area contributed by atoms with Crippen LogP contribution in [0.2, 0.25) is 0 Å². The largest absolute Gasteiger partial charge is 0.466 e. The highest BCUT2D eigenvalue weighted by molar-refractivity contribution is 5.69. The van der Waals surface area contributed by atoms with Gasteiger partial charge in [0.2, 0.25) is 0 Å². The predicted octanol–water partition coefficient (Wildman–Crippen LogP) is 0.677. The van der Waals surface area contributed by atoms with Gasteiger partial charge in [-0.3, -0.25) is 4.79 Å². The van der Waals surface area contributed by atoms with Crippen LogP contribution in [-0.2, 0) is 9.53 Å². The van der Waals surface area contributed by atoms with Gasteiger partial charge in [0.15, 0.2) is 0 Å². The summed E-state index contributed by atoms with van der Waals surface area (Å²) in [4.78, 5) is 10.9. The maximum atomic E-state index is 10.9. The van der Waals surface area contributed by atoms with E-state index in [-0.39, 0.29) is 12.0 Å². The van der Waals surface area contributed by atoms with Gasteiger partial charge in [-0.2, -0.15) is 0 Å². The molecular formula is C8H15NO2. The molecule has 1 fully saturated rings. The van der Waals surface area contributed by atoms with Gasteiger partial charge in [0, 0.05) is 12.5 Å². The second-order valence-electron chi connectivity index (χ2n) is 3.01. The molecule has 3 nitrogen and oxygen atoms in total. The molecule has 0 aromatic rings. The molecule has 1 aliphatic carbocycles. The first-order valence-corrected chi connectivity index (χ1v) is 4.15. The molecule has 1 aliphatic rings. The van der Waals surface area contributed by atoms with Crippen molar-refractivity contribution >= 4 is 5.97 Å². The summed E-state index contributed by atoms with van der Waals surface area (Å²) in [5.41, 5.74) is 5.66. The quantitative estimate of drug-likeness (QED) is 0.613. The number of carbonyl (C=O) groups excluding carboxylic acids is 1. The fourth-order valence-electron chi connectivity index (χ4n) is 1.28. The van der Waals surface area contributed by atoms with Gasteiger partial charge in [0.1, 0.15) is 0 Å². The Morgan fingerprint density at radius 3 is 2.73 bits per heavy atom. The van der Waals surface area contributed by atoms with Crippen LogP contribution in [0.1, 0.15) is 26.2 Å². The number of hydrogen-bond acceptors (Lipinski definition) is 3. The van der Waals surface area contributed by atoms with Crippen LogP contribution in [0.5, 0.6) is 0 Å². The molecule has 2 N–H and O–H groups in total. The molecule has 64 valence electrons. The fraction of sp³-hybridized carbons (Fsp3) is 0.875. The first kappa shape index (κ1) is 8.53. The van der Waals surface area contributed by atoms with E-state index in [1.165, 1.54) is 0 Å². The second-order valence-corrected chi connectivity index (χ2v) is 3.01. The lowest BCUT2D eigenvalue weighted by Crippen LogP contribution is -2.40. The third-order valence-corrected chi connectivity index (χ3v) is 2.21. The molecule has 2 atom stereocenters. The van der Waals surface area contributed by atoms with Gasteiger partial charge in [0.05, 0.1) is 6.61 Å². The SMILES string of the molecule is CCOC(=O)CC1CCC1N. The van der Waals surface area contributed by atoms with Crippen LogP contribution in [-0.4, -0.2) is 18.6 Å². The highest BCUT2D eigenvalue weighted by atomic mass is 16.5. The summed E-state index contributed by atoms with van der Waals surface area (Å²) < 4.78 is 4.80. The van der Waals surface area contributed by atoms with Crippen LogP contribution in [0, 0.1) is 5.92 Å². The van der Waals surface area contributed by atoms with Crippen molar-refractivity contribution in [1.82, 2.24) is 0 Å². The molecule has 1 rings (SSSR count). The Bertz CT molecular complexity index is 147. The number of ether oxygens (including phenoxy) is 1. The van der Waals surface area contributed by atoms with E-state index in [9.17, 15) is 4.79 Å². The standard InChI is InChI=1S/C8H15NO2/c1-2-11-8(10)5-6-3-4-7(6)9/h6-7H,2-5,9H2,1H3. The fourth-order valence-corrected chi connectivity index (χ4v) is 1.28. The minimum Gasteiger partial charge on any atom is -0.466 e. The molecule has 1 saturated carbocycles. The van der Waals surface area contributed by atoms with Crippen molar-refractivity contribution in [1.29, 1.82) is 0 Å². The minimum absolute atomic E-state index is 0.104. The lowest BCUT2D eigenvalue weighted by Gasteiger charge is -2.32. The van der Waals surface area contributed by atoms with E-state index in [0.29, 0.717) is 18.9 Å². The average molecular weight is 157 g/mol. The highest BCUT2D eigenvalue weighted by Gasteiger charge is 2.29. The van der Waals surface area contributed by atoms with Gasteiger partial charge in [-0.25, -0.2) is 0 Å². The molecule has 3 heteroatoms. The van der Waals surface area contributed by atoms with Gasteiger partial charge >= 0.3 is 5.97 Å². The van der Waals surface area contributed by atoms with E-state index < -0.39 is 0 Å². The molecule has 0 aliphatic heterocycles. The Balaban J connectivity index is 2.14. The summed E-state index contributed by atoms with van der Waals surface area (Å²) in [7, 11) is 0. The molecule has 0 aromatic carbocycles. The predicted molar refractivity (Wildman–Crippen MR) is 41.9 cm³/mol. The Morgan fingerprint density at radius 2 is 2.36 bits per heavy atom. The number of esters is 1. The van der Waals surface area contributed by atoms with Crippen molar-refractivity contribution in [2.24, 2.45) is 11.7 Å². The van der Waals surface area contributed by atoms with Crippen LogP contribution < -0.4 is 5.73 Å². The number of hydrogen-bond donors (Lipinski definition) is 1. The van der Waals surface area contributed by atoms with Crippen LogP contribution in [0.25, 0.3) is 0 Å². The van der Waals surface area contributed by atoms with Gasteiger partial charge in [0.25, 0.3) is 0 Å². The summed E-state index contributed by atoms with van der Waals surface area (Å²) in [6.07, 6.45) is 2.65. The zero-order valence-electron chi connectivity index (χ0n) is 6.88. The maximum Gasteiger partial charge on any atom is 0.306 e. The molecule has 2 unspecified atom stereocenters. The second kappa shape index (κ2) is 3.72. The van der Waals surface area contributed by atoms with Crippen molar-refractivity contribution in [3.63, 3.8) is 0 Å². The Morgan fingerprint density at radius 1 is 1.64 bits per heavy atom. The van der Waals surface area contributed by atoms with E-state index in [2.05, 4.69) is 0 Å². The Labute approximate surface area is 66.9 Å². The zero-order valence-corrected chi connectivity index (χ0v) is 6.88.